The first-order chi connectivity index (χ1) is 17.8. The monoisotopic (exact) mass is 510 g/mol. The summed E-state index contributed by atoms with van der Waals surface area (Å²) in [6, 6.07) is 16.8. The Morgan fingerprint density at radius 2 is 1.84 bits per heavy atom. The first-order valence-electron chi connectivity index (χ1n) is 11.2. The van der Waals surface area contributed by atoms with E-state index in [0.717, 1.165) is 17.3 Å². The van der Waals surface area contributed by atoms with Crippen molar-refractivity contribution in [2.75, 3.05) is 11.1 Å². The number of phenolic OH excluding ortho intramolecular Hbond substituents is 2. The number of carbonyl (C=O) groups is 2. The van der Waals surface area contributed by atoms with Gasteiger partial charge in [-0.15, -0.1) is 0 Å². The zero-order chi connectivity index (χ0) is 26.5. The van der Waals surface area contributed by atoms with Crippen molar-refractivity contribution in [2.45, 2.75) is 18.9 Å². The molecule has 184 valence electrons. The van der Waals surface area contributed by atoms with Crippen molar-refractivity contribution in [3.63, 3.8) is 0 Å². The number of nitriles is 1. The molecule has 0 aliphatic rings. The zero-order valence-electron chi connectivity index (χ0n) is 20.0. The summed E-state index contributed by atoms with van der Waals surface area (Å²) in [7, 11) is 0. The summed E-state index contributed by atoms with van der Waals surface area (Å²) in [5.41, 5.74) is 3.47. The SMILES string of the molecule is Cc1ccccc1NC(=O)c1c(C)nc(SCC(=O)c2ccc(O)c(O)c2)c(C#N)c1-c1cccnc1. The Labute approximate surface area is 217 Å². The number of pyridine rings is 2. The van der Waals surface area contributed by atoms with E-state index < -0.39 is 11.7 Å². The molecule has 2 aromatic heterocycles. The minimum Gasteiger partial charge on any atom is -0.504 e. The number of ketones is 1. The summed E-state index contributed by atoms with van der Waals surface area (Å²) in [6.45, 7) is 3.56. The summed E-state index contributed by atoms with van der Waals surface area (Å²) in [5.74, 6) is -1.54. The molecule has 0 fully saturated rings. The van der Waals surface area contributed by atoms with Gasteiger partial charge in [-0.05, 0) is 49.7 Å². The number of benzene rings is 2. The fourth-order valence-electron chi connectivity index (χ4n) is 3.77. The van der Waals surface area contributed by atoms with Crippen molar-refractivity contribution in [3.8, 4) is 28.7 Å². The molecule has 0 atom stereocenters. The van der Waals surface area contributed by atoms with Crippen LogP contribution in [0.4, 0.5) is 5.69 Å². The summed E-state index contributed by atoms with van der Waals surface area (Å²) in [4.78, 5) is 34.9. The van der Waals surface area contributed by atoms with Gasteiger partial charge >= 0.3 is 0 Å². The third-order valence-corrected chi connectivity index (χ3v) is 6.64. The number of nitrogens with zero attached hydrogens (tertiary/aromatic N) is 3. The average Bonchev–Trinajstić information content (AvgIpc) is 2.90. The molecule has 4 aromatic rings. The number of aromatic hydroxyl groups is 2. The lowest BCUT2D eigenvalue weighted by Crippen LogP contribution is -2.18. The van der Waals surface area contributed by atoms with Crippen LogP contribution in [-0.2, 0) is 0 Å². The number of hydrogen-bond donors (Lipinski definition) is 3. The standard InChI is InChI=1S/C28H22N4O4S/c1-16-6-3-4-8-21(16)32-27(36)25-17(2)31-28(20(13-29)26(25)19-7-5-11-30-14-19)37-15-24(35)18-9-10-22(33)23(34)12-18/h3-12,14,33-34H,15H2,1-2H3,(H,32,36). The number of aromatic nitrogens is 2. The summed E-state index contributed by atoms with van der Waals surface area (Å²) in [6.07, 6.45) is 3.16. The van der Waals surface area contributed by atoms with Crippen molar-refractivity contribution in [2.24, 2.45) is 0 Å². The van der Waals surface area contributed by atoms with Gasteiger partial charge < -0.3 is 15.5 Å². The first-order valence-corrected chi connectivity index (χ1v) is 12.2. The van der Waals surface area contributed by atoms with Crippen LogP contribution in [0.25, 0.3) is 11.1 Å². The van der Waals surface area contributed by atoms with Gasteiger partial charge in [-0.25, -0.2) is 4.98 Å². The molecular weight excluding hydrogens is 488 g/mol. The maximum Gasteiger partial charge on any atom is 0.258 e. The topological polar surface area (TPSA) is 136 Å². The largest absolute Gasteiger partial charge is 0.504 e. The Hall–Kier alpha value is -4.68. The van der Waals surface area contributed by atoms with Crippen LogP contribution in [0.15, 0.2) is 72.0 Å². The van der Waals surface area contributed by atoms with Crippen LogP contribution in [0, 0.1) is 25.2 Å². The Morgan fingerprint density at radius 3 is 2.51 bits per heavy atom. The molecule has 0 unspecified atom stereocenters. The third-order valence-electron chi connectivity index (χ3n) is 5.66. The lowest BCUT2D eigenvalue weighted by atomic mass is 9.95. The molecule has 0 saturated heterocycles. The van der Waals surface area contributed by atoms with Crippen molar-refractivity contribution < 1.29 is 19.8 Å². The predicted octanol–water partition coefficient (Wildman–Crippen LogP) is 5.27. The van der Waals surface area contributed by atoms with Gasteiger partial charge in [-0.3, -0.25) is 14.6 Å². The Kier molecular flexibility index (Phi) is 7.51. The quantitative estimate of drug-likeness (QED) is 0.174. The van der Waals surface area contributed by atoms with Gasteiger partial charge in [0.15, 0.2) is 17.3 Å². The molecule has 8 nitrogen and oxygen atoms in total. The molecule has 0 saturated carbocycles. The molecule has 2 heterocycles. The Balaban J connectivity index is 1.75. The van der Waals surface area contributed by atoms with E-state index in [4.69, 9.17) is 0 Å². The van der Waals surface area contributed by atoms with Gasteiger partial charge in [-0.2, -0.15) is 5.26 Å². The molecule has 1 amide bonds. The highest BCUT2D eigenvalue weighted by Gasteiger charge is 2.25. The minimum absolute atomic E-state index is 0.0768. The number of Topliss-reactive ketones (excluding diaryl/α,β-unsaturated/α-hetero) is 1. The van der Waals surface area contributed by atoms with Crippen LogP contribution in [0.3, 0.4) is 0 Å². The first kappa shape index (κ1) is 25.4. The molecule has 3 N–H and O–H groups in total. The number of thioether (sulfide) groups is 1. The normalized spacial score (nSPS) is 10.5. The number of anilines is 1. The smallest absolute Gasteiger partial charge is 0.258 e. The maximum absolute atomic E-state index is 13.5. The van der Waals surface area contributed by atoms with Gasteiger partial charge in [0, 0.05) is 34.8 Å². The zero-order valence-corrected chi connectivity index (χ0v) is 20.8. The lowest BCUT2D eigenvalue weighted by molar-refractivity contribution is 0.101. The van der Waals surface area contributed by atoms with E-state index in [1.54, 1.807) is 37.5 Å². The third kappa shape index (κ3) is 5.44. The van der Waals surface area contributed by atoms with E-state index in [-0.39, 0.29) is 34.0 Å². The van der Waals surface area contributed by atoms with E-state index >= 15 is 0 Å². The van der Waals surface area contributed by atoms with Crippen LogP contribution in [-0.4, -0.2) is 37.6 Å². The Bertz CT molecular complexity index is 1550. The number of para-hydroxylation sites is 1. The van der Waals surface area contributed by atoms with E-state index in [2.05, 4.69) is 21.4 Å². The minimum atomic E-state index is -0.415. The van der Waals surface area contributed by atoms with E-state index in [0.29, 0.717) is 27.5 Å². The highest BCUT2D eigenvalue weighted by Crippen LogP contribution is 2.35. The average molecular weight is 511 g/mol. The van der Waals surface area contributed by atoms with Crippen molar-refractivity contribution >= 4 is 29.1 Å². The van der Waals surface area contributed by atoms with Crippen LogP contribution >= 0.6 is 11.8 Å². The van der Waals surface area contributed by atoms with E-state index in [1.165, 1.54) is 18.2 Å². The molecular formula is C28H22N4O4S. The number of hydrogen-bond acceptors (Lipinski definition) is 8. The molecule has 0 aliphatic heterocycles. The second kappa shape index (κ2) is 10.9. The van der Waals surface area contributed by atoms with Gasteiger partial charge in [0.05, 0.1) is 22.6 Å². The van der Waals surface area contributed by atoms with Crippen molar-refractivity contribution in [1.82, 2.24) is 9.97 Å². The highest BCUT2D eigenvalue weighted by molar-refractivity contribution is 8.00. The van der Waals surface area contributed by atoms with Crippen molar-refractivity contribution in [1.29, 1.82) is 5.26 Å². The van der Waals surface area contributed by atoms with Crippen LogP contribution in [0.2, 0.25) is 0 Å². The number of rotatable bonds is 7. The number of amides is 1. The number of aryl methyl sites for hydroxylation is 2. The van der Waals surface area contributed by atoms with Crippen LogP contribution in [0.5, 0.6) is 11.5 Å². The molecule has 0 bridgehead atoms. The van der Waals surface area contributed by atoms with Crippen LogP contribution in [0.1, 0.15) is 37.5 Å². The van der Waals surface area contributed by atoms with E-state index in [1.807, 2.05) is 25.1 Å². The second-order valence-corrected chi connectivity index (χ2v) is 9.13. The summed E-state index contributed by atoms with van der Waals surface area (Å²) < 4.78 is 0. The fraction of sp³-hybridized carbons (Fsp3) is 0.107. The van der Waals surface area contributed by atoms with Crippen molar-refractivity contribution in [3.05, 3.63) is 94.9 Å². The molecule has 0 spiro atoms. The summed E-state index contributed by atoms with van der Waals surface area (Å²) >= 11 is 1.06. The predicted molar refractivity (Wildman–Crippen MR) is 141 cm³/mol. The fourth-order valence-corrected chi connectivity index (χ4v) is 4.70. The number of phenols is 2. The Morgan fingerprint density at radius 1 is 1.05 bits per heavy atom. The highest BCUT2D eigenvalue weighted by atomic mass is 32.2. The molecule has 4 rings (SSSR count). The molecule has 2 aromatic carbocycles. The van der Waals surface area contributed by atoms with E-state index in [9.17, 15) is 25.1 Å². The lowest BCUT2D eigenvalue weighted by Gasteiger charge is -2.17. The summed E-state index contributed by atoms with van der Waals surface area (Å²) in [5, 5.41) is 32.6. The number of carbonyl (C=O) groups excluding carboxylic acids is 2. The van der Waals surface area contributed by atoms with Gasteiger partial charge in [0.1, 0.15) is 11.1 Å². The van der Waals surface area contributed by atoms with Crippen LogP contribution < -0.4 is 5.32 Å². The van der Waals surface area contributed by atoms with Gasteiger partial charge in [-0.1, -0.05) is 36.0 Å². The molecule has 9 heteroatoms. The molecule has 0 aliphatic carbocycles. The molecule has 0 radical (unpaired) electrons. The van der Waals surface area contributed by atoms with Gasteiger partial charge in [0.2, 0.25) is 0 Å². The van der Waals surface area contributed by atoms with Gasteiger partial charge in [0.25, 0.3) is 5.91 Å². The second-order valence-electron chi connectivity index (χ2n) is 8.17. The number of nitrogens with one attached hydrogen (secondary N) is 1. The molecule has 37 heavy (non-hydrogen) atoms. The maximum atomic E-state index is 13.5.